The highest BCUT2D eigenvalue weighted by Gasteiger charge is 1.99. The van der Waals surface area contributed by atoms with Gasteiger partial charge in [0, 0.05) is 0 Å². The first kappa shape index (κ1) is 10.8. The first-order valence-electron chi connectivity index (χ1n) is 4.84. The van der Waals surface area contributed by atoms with Crippen LogP contribution in [0.4, 0.5) is 0 Å². The minimum Gasteiger partial charge on any atom is -0.364 e. The number of hydrogen-bond acceptors (Lipinski definition) is 1. The SMILES string of the molecule is C#CCOCc1cccc(C(C)C)c1. The molecule has 0 aliphatic heterocycles. The number of ether oxygens (including phenoxy) is 1. The second-order valence-corrected chi connectivity index (χ2v) is 3.60. The molecule has 0 atom stereocenters. The summed E-state index contributed by atoms with van der Waals surface area (Å²) in [6, 6.07) is 8.42. The topological polar surface area (TPSA) is 9.23 Å². The Balaban J connectivity index is 2.60. The van der Waals surface area contributed by atoms with Gasteiger partial charge in [-0.25, -0.2) is 0 Å². The second kappa shape index (κ2) is 5.47. The Hall–Kier alpha value is -1.26. The highest BCUT2D eigenvalue weighted by molar-refractivity contribution is 5.25. The van der Waals surface area contributed by atoms with Gasteiger partial charge in [0.25, 0.3) is 0 Å². The molecule has 14 heavy (non-hydrogen) atoms. The van der Waals surface area contributed by atoms with Crippen molar-refractivity contribution < 1.29 is 4.74 Å². The Morgan fingerprint density at radius 1 is 1.43 bits per heavy atom. The van der Waals surface area contributed by atoms with Crippen molar-refractivity contribution in [3.63, 3.8) is 0 Å². The summed E-state index contributed by atoms with van der Waals surface area (Å²) in [5, 5.41) is 0. The first-order valence-corrected chi connectivity index (χ1v) is 4.84. The Kier molecular flexibility index (Phi) is 4.22. The molecule has 74 valence electrons. The minimum atomic E-state index is 0.381. The van der Waals surface area contributed by atoms with E-state index in [1.807, 2.05) is 0 Å². The molecule has 1 rings (SSSR count). The maximum atomic E-state index is 5.27. The summed E-state index contributed by atoms with van der Waals surface area (Å²) in [5.74, 6) is 3.01. The lowest BCUT2D eigenvalue weighted by molar-refractivity contribution is 0.153. The summed E-state index contributed by atoms with van der Waals surface area (Å²) < 4.78 is 5.27. The van der Waals surface area contributed by atoms with Crippen LogP contribution in [0.2, 0.25) is 0 Å². The smallest absolute Gasteiger partial charge is 0.107 e. The zero-order valence-electron chi connectivity index (χ0n) is 8.79. The molecule has 0 unspecified atom stereocenters. The van der Waals surface area contributed by atoms with Gasteiger partial charge in [0.15, 0.2) is 0 Å². The van der Waals surface area contributed by atoms with Crippen molar-refractivity contribution in [1.82, 2.24) is 0 Å². The van der Waals surface area contributed by atoms with Crippen LogP contribution in [0, 0.1) is 12.3 Å². The fourth-order valence-electron chi connectivity index (χ4n) is 1.27. The normalized spacial score (nSPS) is 10.1. The molecule has 0 bridgehead atoms. The third-order valence-electron chi connectivity index (χ3n) is 2.07. The van der Waals surface area contributed by atoms with Gasteiger partial charge in [0.05, 0.1) is 6.61 Å². The van der Waals surface area contributed by atoms with Gasteiger partial charge >= 0.3 is 0 Å². The molecule has 1 aromatic carbocycles. The largest absolute Gasteiger partial charge is 0.364 e. The predicted molar refractivity (Wildman–Crippen MR) is 59.0 cm³/mol. The lowest BCUT2D eigenvalue weighted by Gasteiger charge is -2.07. The van der Waals surface area contributed by atoms with E-state index in [0.717, 1.165) is 0 Å². The van der Waals surface area contributed by atoms with Gasteiger partial charge in [-0.3, -0.25) is 0 Å². The first-order chi connectivity index (χ1) is 6.74. The van der Waals surface area contributed by atoms with Gasteiger partial charge in [-0.15, -0.1) is 6.42 Å². The Morgan fingerprint density at radius 2 is 2.21 bits per heavy atom. The van der Waals surface area contributed by atoms with E-state index in [1.165, 1.54) is 11.1 Å². The van der Waals surface area contributed by atoms with Crippen molar-refractivity contribution >= 4 is 0 Å². The van der Waals surface area contributed by atoms with Crippen molar-refractivity contribution in [2.45, 2.75) is 26.4 Å². The molecule has 0 aliphatic rings. The molecule has 0 saturated carbocycles. The summed E-state index contributed by atoms with van der Waals surface area (Å²) in [6.07, 6.45) is 5.10. The number of hydrogen-bond donors (Lipinski definition) is 0. The molecule has 0 amide bonds. The average Bonchev–Trinajstić information content (AvgIpc) is 2.19. The van der Waals surface area contributed by atoms with Crippen LogP contribution in [0.25, 0.3) is 0 Å². The van der Waals surface area contributed by atoms with Crippen molar-refractivity contribution in [3.8, 4) is 12.3 Å². The van der Waals surface area contributed by atoms with Gasteiger partial charge in [0.2, 0.25) is 0 Å². The molecule has 0 saturated heterocycles. The van der Waals surface area contributed by atoms with E-state index < -0.39 is 0 Å². The van der Waals surface area contributed by atoms with E-state index in [-0.39, 0.29) is 0 Å². The van der Waals surface area contributed by atoms with Crippen LogP contribution in [0.15, 0.2) is 24.3 Å². The lowest BCUT2D eigenvalue weighted by Crippen LogP contribution is -1.95. The van der Waals surface area contributed by atoms with Crippen LogP contribution in [0.3, 0.4) is 0 Å². The van der Waals surface area contributed by atoms with Crippen LogP contribution in [-0.4, -0.2) is 6.61 Å². The molecule has 0 radical (unpaired) electrons. The zero-order valence-corrected chi connectivity index (χ0v) is 8.79. The number of rotatable bonds is 4. The van der Waals surface area contributed by atoms with E-state index in [4.69, 9.17) is 11.2 Å². The van der Waals surface area contributed by atoms with E-state index in [0.29, 0.717) is 19.1 Å². The highest BCUT2D eigenvalue weighted by atomic mass is 16.5. The Labute approximate surface area is 86.1 Å². The molecule has 0 spiro atoms. The van der Waals surface area contributed by atoms with Crippen LogP contribution >= 0.6 is 0 Å². The average molecular weight is 188 g/mol. The monoisotopic (exact) mass is 188 g/mol. The van der Waals surface area contributed by atoms with Crippen molar-refractivity contribution in [2.75, 3.05) is 6.61 Å². The van der Waals surface area contributed by atoms with E-state index in [1.54, 1.807) is 0 Å². The van der Waals surface area contributed by atoms with Crippen LogP contribution in [0.1, 0.15) is 30.9 Å². The van der Waals surface area contributed by atoms with Crippen molar-refractivity contribution in [3.05, 3.63) is 35.4 Å². The van der Waals surface area contributed by atoms with Crippen LogP contribution < -0.4 is 0 Å². The van der Waals surface area contributed by atoms with Gasteiger partial charge in [-0.1, -0.05) is 44.0 Å². The molecular formula is C13H16O. The molecule has 0 fully saturated rings. The predicted octanol–water partition coefficient (Wildman–Crippen LogP) is 2.96. The standard InChI is InChI=1S/C13H16O/c1-4-8-14-10-12-6-5-7-13(9-12)11(2)3/h1,5-7,9,11H,8,10H2,2-3H3. The maximum Gasteiger partial charge on any atom is 0.107 e. The lowest BCUT2D eigenvalue weighted by atomic mass is 10.0. The summed E-state index contributed by atoms with van der Waals surface area (Å²) in [4.78, 5) is 0. The molecule has 0 aromatic heterocycles. The number of benzene rings is 1. The van der Waals surface area contributed by atoms with Gasteiger partial charge in [-0.2, -0.15) is 0 Å². The Bertz CT molecular complexity index is 320. The summed E-state index contributed by atoms with van der Waals surface area (Å²) in [5.41, 5.74) is 2.53. The van der Waals surface area contributed by atoms with Crippen LogP contribution in [-0.2, 0) is 11.3 Å². The Morgan fingerprint density at radius 3 is 2.86 bits per heavy atom. The number of terminal acetylenes is 1. The van der Waals surface area contributed by atoms with Crippen LogP contribution in [0.5, 0.6) is 0 Å². The molecule has 1 aromatic rings. The molecule has 0 heterocycles. The summed E-state index contributed by atoms with van der Waals surface area (Å²) in [6.45, 7) is 5.35. The quantitative estimate of drug-likeness (QED) is 0.521. The zero-order chi connectivity index (χ0) is 10.4. The second-order valence-electron chi connectivity index (χ2n) is 3.60. The van der Waals surface area contributed by atoms with Crippen molar-refractivity contribution in [1.29, 1.82) is 0 Å². The third-order valence-corrected chi connectivity index (χ3v) is 2.07. The molecule has 1 nitrogen and oxygen atoms in total. The minimum absolute atomic E-state index is 0.381. The third kappa shape index (κ3) is 3.24. The van der Waals surface area contributed by atoms with E-state index in [2.05, 4.69) is 44.0 Å². The molecular weight excluding hydrogens is 172 g/mol. The maximum absolute atomic E-state index is 5.27. The van der Waals surface area contributed by atoms with Gasteiger partial charge < -0.3 is 4.74 Å². The molecule has 1 heteroatoms. The summed E-state index contributed by atoms with van der Waals surface area (Å²) in [7, 11) is 0. The fourth-order valence-corrected chi connectivity index (χ4v) is 1.27. The summed E-state index contributed by atoms with van der Waals surface area (Å²) >= 11 is 0. The van der Waals surface area contributed by atoms with Gasteiger partial charge in [-0.05, 0) is 17.0 Å². The molecule has 0 N–H and O–H groups in total. The molecule has 0 aliphatic carbocycles. The van der Waals surface area contributed by atoms with E-state index >= 15 is 0 Å². The van der Waals surface area contributed by atoms with Crippen molar-refractivity contribution in [2.24, 2.45) is 0 Å². The van der Waals surface area contributed by atoms with E-state index in [9.17, 15) is 0 Å². The fraction of sp³-hybridized carbons (Fsp3) is 0.385. The highest BCUT2D eigenvalue weighted by Crippen LogP contribution is 2.15. The van der Waals surface area contributed by atoms with Gasteiger partial charge in [0.1, 0.15) is 6.61 Å².